The Balaban J connectivity index is 2.32. The molecule has 2 nitrogen and oxygen atoms in total. The SMILES string of the molecule is COc1cccc(C(C)(CO)Cc2cccc(C)c2)c1. The van der Waals surface area contributed by atoms with Crippen molar-refractivity contribution in [1.82, 2.24) is 0 Å². The molecule has 106 valence electrons. The minimum atomic E-state index is -0.303. The third-order valence-electron chi connectivity index (χ3n) is 3.79. The summed E-state index contributed by atoms with van der Waals surface area (Å²) in [5.41, 5.74) is 3.28. The van der Waals surface area contributed by atoms with Gasteiger partial charge in [-0.3, -0.25) is 0 Å². The Labute approximate surface area is 121 Å². The van der Waals surface area contributed by atoms with Crippen molar-refractivity contribution < 1.29 is 9.84 Å². The van der Waals surface area contributed by atoms with Gasteiger partial charge in [-0.2, -0.15) is 0 Å². The van der Waals surface area contributed by atoms with Gasteiger partial charge in [0.2, 0.25) is 0 Å². The highest BCUT2D eigenvalue weighted by molar-refractivity contribution is 5.36. The van der Waals surface area contributed by atoms with Crippen LogP contribution < -0.4 is 4.74 Å². The Bertz CT molecular complexity index is 577. The second-order valence-electron chi connectivity index (χ2n) is 5.62. The summed E-state index contributed by atoms with van der Waals surface area (Å²) < 4.78 is 5.28. The van der Waals surface area contributed by atoms with Gasteiger partial charge in [0.1, 0.15) is 5.75 Å². The number of benzene rings is 2. The molecular weight excluding hydrogens is 248 g/mol. The van der Waals surface area contributed by atoms with Crippen molar-refractivity contribution >= 4 is 0 Å². The van der Waals surface area contributed by atoms with Crippen LogP contribution in [0.25, 0.3) is 0 Å². The molecule has 2 aromatic carbocycles. The first-order chi connectivity index (χ1) is 9.57. The highest BCUT2D eigenvalue weighted by Gasteiger charge is 2.26. The van der Waals surface area contributed by atoms with E-state index in [1.165, 1.54) is 11.1 Å². The molecule has 0 aromatic heterocycles. The highest BCUT2D eigenvalue weighted by atomic mass is 16.5. The average molecular weight is 270 g/mol. The summed E-state index contributed by atoms with van der Waals surface area (Å²) in [4.78, 5) is 0. The second kappa shape index (κ2) is 6.10. The Kier molecular flexibility index (Phi) is 4.46. The van der Waals surface area contributed by atoms with Crippen LogP contribution in [-0.2, 0) is 11.8 Å². The van der Waals surface area contributed by atoms with Gasteiger partial charge in [-0.05, 0) is 36.6 Å². The fourth-order valence-electron chi connectivity index (χ4n) is 2.52. The van der Waals surface area contributed by atoms with E-state index >= 15 is 0 Å². The van der Waals surface area contributed by atoms with E-state index in [0.29, 0.717) is 0 Å². The Morgan fingerprint density at radius 1 is 1.10 bits per heavy atom. The smallest absolute Gasteiger partial charge is 0.119 e. The van der Waals surface area contributed by atoms with Crippen LogP contribution in [0, 0.1) is 6.92 Å². The standard InChI is InChI=1S/C18H22O2/c1-14-6-4-7-15(10-14)12-18(2,13-19)16-8-5-9-17(11-16)20-3/h4-11,19H,12-13H2,1-3H3. The van der Waals surface area contributed by atoms with Crippen molar-refractivity contribution in [3.63, 3.8) is 0 Å². The largest absolute Gasteiger partial charge is 0.497 e. The monoisotopic (exact) mass is 270 g/mol. The maximum Gasteiger partial charge on any atom is 0.119 e. The lowest BCUT2D eigenvalue weighted by Crippen LogP contribution is -2.29. The molecule has 20 heavy (non-hydrogen) atoms. The molecule has 0 heterocycles. The number of rotatable bonds is 5. The number of aliphatic hydroxyl groups excluding tert-OH is 1. The van der Waals surface area contributed by atoms with E-state index < -0.39 is 0 Å². The average Bonchev–Trinajstić information content (AvgIpc) is 2.47. The third-order valence-corrected chi connectivity index (χ3v) is 3.79. The number of aliphatic hydroxyl groups is 1. The van der Waals surface area contributed by atoms with Gasteiger partial charge < -0.3 is 9.84 Å². The molecule has 0 aliphatic heterocycles. The molecule has 1 atom stereocenters. The maximum absolute atomic E-state index is 9.89. The van der Waals surface area contributed by atoms with Gasteiger partial charge in [0, 0.05) is 5.41 Å². The summed E-state index contributed by atoms with van der Waals surface area (Å²) in [5, 5.41) is 9.89. The molecule has 0 fully saturated rings. The summed E-state index contributed by atoms with van der Waals surface area (Å²) >= 11 is 0. The summed E-state index contributed by atoms with van der Waals surface area (Å²) in [5.74, 6) is 0.825. The van der Waals surface area contributed by atoms with Crippen LogP contribution in [0.5, 0.6) is 5.75 Å². The molecule has 0 bridgehead atoms. The van der Waals surface area contributed by atoms with Crippen LogP contribution in [0.2, 0.25) is 0 Å². The fraction of sp³-hybridized carbons (Fsp3) is 0.333. The summed E-state index contributed by atoms with van der Waals surface area (Å²) in [7, 11) is 1.66. The number of aryl methyl sites for hydroxylation is 1. The molecule has 1 unspecified atom stereocenters. The topological polar surface area (TPSA) is 29.5 Å². The van der Waals surface area contributed by atoms with Gasteiger partial charge in [0.05, 0.1) is 13.7 Å². The zero-order valence-corrected chi connectivity index (χ0v) is 12.4. The van der Waals surface area contributed by atoms with E-state index in [1.807, 2.05) is 18.2 Å². The van der Waals surface area contributed by atoms with Gasteiger partial charge in [0.15, 0.2) is 0 Å². The molecule has 1 N–H and O–H groups in total. The normalized spacial score (nSPS) is 13.8. The van der Waals surface area contributed by atoms with Crippen LogP contribution >= 0.6 is 0 Å². The molecule has 0 aliphatic carbocycles. The first kappa shape index (κ1) is 14.6. The molecular formula is C18H22O2. The number of hydrogen-bond acceptors (Lipinski definition) is 2. The minimum absolute atomic E-state index is 0.105. The molecule has 0 aliphatic rings. The molecule has 2 aromatic rings. The first-order valence-electron chi connectivity index (χ1n) is 6.88. The third kappa shape index (κ3) is 3.20. The van der Waals surface area contributed by atoms with Gasteiger partial charge in [-0.1, -0.05) is 48.9 Å². The Hall–Kier alpha value is -1.80. The Morgan fingerprint density at radius 2 is 1.85 bits per heavy atom. The van der Waals surface area contributed by atoms with E-state index in [1.54, 1.807) is 7.11 Å². The van der Waals surface area contributed by atoms with Gasteiger partial charge in [-0.15, -0.1) is 0 Å². The minimum Gasteiger partial charge on any atom is -0.497 e. The van der Waals surface area contributed by atoms with Crippen LogP contribution in [0.15, 0.2) is 48.5 Å². The number of hydrogen-bond donors (Lipinski definition) is 1. The fourth-order valence-corrected chi connectivity index (χ4v) is 2.52. The summed E-state index contributed by atoms with van der Waals surface area (Å²) in [6, 6.07) is 16.4. The van der Waals surface area contributed by atoms with Crippen LogP contribution in [0.3, 0.4) is 0 Å². The van der Waals surface area contributed by atoms with Crippen molar-refractivity contribution in [3.05, 3.63) is 65.2 Å². The number of methoxy groups -OCH3 is 1. The molecule has 0 saturated carbocycles. The van der Waals surface area contributed by atoms with Crippen molar-refractivity contribution in [3.8, 4) is 5.75 Å². The highest BCUT2D eigenvalue weighted by Crippen LogP contribution is 2.30. The van der Waals surface area contributed by atoms with Crippen molar-refractivity contribution in [2.75, 3.05) is 13.7 Å². The quantitative estimate of drug-likeness (QED) is 0.901. The summed E-state index contributed by atoms with van der Waals surface area (Å²) in [6.07, 6.45) is 0.804. The zero-order valence-electron chi connectivity index (χ0n) is 12.4. The molecule has 2 heteroatoms. The van der Waals surface area contributed by atoms with E-state index in [-0.39, 0.29) is 12.0 Å². The van der Waals surface area contributed by atoms with Crippen LogP contribution in [0.1, 0.15) is 23.6 Å². The lowest BCUT2D eigenvalue weighted by atomic mass is 9.78. The molecule has 0 spiro atoms. The van der Waals surface area contributed by atoms with E-state index in [2.05, 4.69) is 44.2 Å². The lowest BCUT2D eigenvalue weighted by molar-refractivity contribution is 0.204. The van der Waals surface area contributed by atoms with Crippen molar-refractivity contribution in [1.29, 1.82) is 0 Å². The van der Waals surface area contributed by atoms with Crippen molar-refractivity contribution in [2.24, 2.45) is 0 Å². The van der Waals surface area contributed by atoms with E-state index in [0.717, 1.165) is 17.7 Å². The number of ether oxygens (including phenoxy) is 1. The van der Waals surface area contributed by atoms with E-state index in [4.69, 9.17) is 4.74 Å². The molecule has 0 radical (unpaired) electrons. The first-order valence-corrected chi connectivity index (χ1v) is 6.88. The molecule has 2 rings (SSSR count). The predicted octanol–water partition coefficient (Wildman–Crippen LogP) is 3.50. The predicted molar refractivity (Wildman–Crippen MR) is 82.3 cm³/mol. The van der Waals surface area contributed by atoms with Gasteiger partial charge in [-0.25, -0.2) is 0 Å². The van der Waals surface area contributed by atoms with Gasteiger partial charge >= 0.3 is 0 Å². The van der Waals surface area contributed by atoms with Crippen LogP contribution in [-0.4, -0.2) is 18.8 Å². The molecule has 0 saturated heterocycles. The Morgan fingerprint density at radius 3 is 2.50 bits per heavy atom. The second-order valence-corrected chi connectivity index (χ2v) is 5.62. The summed E-state index contributed by atoms with van der Waals surface area (Å²) in [6.45, 7) is 4.28. The van der Waals surface area contributed by atoms with E-state index in [9.17, 15) is 5.11 Å². The van der Waals surface area contributed by atoms with Gasteiger partial charge in [0.25, 0.3) is 0 Å². The maximum atomic E-state index is 9.89. The van der Waals surface area contributed by atoms with Crippen molar-refractivity contribution in [2.45, 2.75) is 25.7 Å². The molecule has 0 amide bonds. The lowest BCUT2D eigenvalue weighted by Gasteiger charge is -2.28. The van der Waals surface area contributed by atoms with Crippen LogP contribution in [0.4, 0.5) is 0 Å². The zero-order chi connectivity index (χ0) is 14.6.